The van der Waals surface area contributed by atoms with E-state index in [2.05, 4.69) is 10.3 Å². The highest BCUT2D eigenvalue weighted by Gasteiger charge is 2.17. The lowest BCUT2D eigenvalue weighted by atomic mass is 9.96. The van der Waals surface area contributed by atoms with Crippen molar-refractivity contribution in [3.8, 4) is 22.3 Å². The molecule has 0 atom stereocenters. The Kier molecular flexibility index (Phi) is 6.13. The van der Waals surface area contributed by atoms with E-state index < -0.39 is 11.6 Å². The number of benzene rings is 3. The maximum absolute atomic E-state index is 14.9. The lowest BCUT2D eigenvalue weighted by Crippen LogP contribution is -2.19. The minimum atomic E-state index is -0.702. The van der Waals surface area contributed by atoms with Crippen LogP contribution in [0.2, 0.25) is 0 Å². The van der Waals surface area contributed by atoms with Crippen LogP contribution in [0.15, 0.2) is 100 Å². The summed E-state index contributed by atoms with van der Waals surface area (Å²) in [4.78, 5) is 16.4. The van der Waals surface area contributed by atoms with Gasteiger partial charge in [-0.15, -0.1) is 0 Å². The number of rotatable bonds is 6. The van der Waals surface area contributed by atoms with Crippen molar-refractivity contribution in [1.82, 2.24) is 10.3 Å². The molecule has 0 aliphatic carbocycles. The van der Waals surface area contributed by atoms with Crippen molar-refractivity contribution in [2.75, 3.05) is 5.73 Å². The van der Waals surface area contributed by atoms with Crippen molar-refractivity contribution < 1.29 is 22.4 Å². The zero-order valence-electron chi connectivity index (χ0n) is 20.4. The van der Waals surface area contributed by atoms with Gasteiger partial charge in [-0.2, -0.15) is 0 Å². The molecule has 3 heterocycles. The third-order valence-electron chi connectivity index (χ3n) is 6.35. The van der Waals surface area contributed by atoms with Gasteiger partial charge in [0.15, 0.2) is 0 Å². The Morgan fingerprint density at radius 3 is 2.62 bits per heavy atom. The molecular weight excluding hydrogens is 500 g/mol. The molecule has 192 valence electrons. The summed E-state index contributed by atoms with van der Waals surface area (Å²) < 4.78 is 40.1. The van der Waals surface area contributed by atoms with Gasteiger partial charge in [-0.05, 0) is 83.4 Å². The van der Waals surface area contributed by atoms with Gasteiger partial charge in [0.2, 0.25) is 5.91 Å². The topological polar surface area (TPSA) is 94.3 Å². The number of hydrogen-bond donors (Lipinski definition) is 2. The first-order valence-corrected chi connectivity index (χ1v) is 12.1. The van der Waals surface area contributed by atoms with Crippen LogP contribution >= 0.6 is 0 Å². The monoisotopic (exact) mass is 521 g/mol. The second kappa shape index (κ2) is 9.90. The maximum atomic E-state index is 14.9. The van der Waals surface area contributed by atoms with E-state index >= 15 is 0 Å². The molecule has 3 N–H and O–H groups in total. The van der Waals surface area contributed by atoms with Crippen LogP contribution < -0.4 is 11.1 Å². The van der Waals surface area contributed by atoms with E-state index in [-0.39, 0.29) is 18.0 Å². The summed E-state index contributed by atoms with van der Waals surface area (Å²) in [6.07, 6.45) is 6.20. The zero-order valence-corrected chi connectivity index (χ0v) is 20.4. The standard InChI is InChI=1S/C31H21F2N3O3/c32-23-4-5-25(27(33)15-23)26-14-21(19-3-6-28-20(11-19)9-10-38-28)12-22-13-24(39-31(22)26)17-36-30(37)8-2-18-1-7-29(34)35-16-18/h1-16H,17H2,(H2,34,35)(H,36,37). The molecule has 39 heavy (non-hydrogen) atoms. The lowest BCUT2D eigenvalue weighted by molar-refractivity contribution is -0.116. The molecule has 1 amide bonds. The maximum Gasteiger partial charge on any atom is 0.244 e. The van der Waals surface area contributed by atoms with Crippen LogP contribution in [0.5, 0.6) is 0 Å². The van der Waals surface area contributed by atoms with E-state index in [4.69, 9.17) is 14.6 Å². The Labute approximate surface area is 221 Å². The number of nitrogens with zero attached hydrogens (tertiary/aromatic N) is 1. The first-order valence-electron chi connectivity index (χ1n) is 12.1. The summed E-state index contributed by atoms with van der Waals surface area (Å²) in [6, 6.07) is 20.0. The largest absolute Gasteiger partial charge is 0.464 e. The SMILES string of the molecule is Nc1ccc(C=CC(=O)NCc2cc3cc(-c4ccc5occc5c4)cc(-c4ccc(F)cc4F)c3o2)cn1. The van der Waals surface area contributed by atoms with Gasteiger partial charge in [0, 0.05) is 40.2 Å². The van der Waals surface area contributed by atoms with Gasteiger partial charge in [0.25, 0.3) is 0 Å². The molecule has 3 aromatic carbocycles. The summed E-state index contributed by atoms with van der Waals surface area (Å²) in [5.74, 6) is -0.822. The van der Waals surface area contributed by atoms with E-state index in [1.807, 2.05) is 36.4 Å². The normalized spacial score (nSPS) is 11.5. The van der Waals surface area contributed by atoms with Gasteiger partial charge in [0.1, 0.15) is 34.4 Å². The van der Waals surface area contributed by atoms with Crippen molar-refractivity contribution in [1.29, 1.82) is 0 Å². The molecule has 8 heteroatoms. The quantitative estimate of drug-likeness (QED) is 0.228. The molecule has 0 radical (unpaired) electrons. The molecule has 0 unspecified atom stereocenters. The van der Waals surface area contributed by atoms with Gasteiger partial charge in [-0.1, -0.05) is 6.07 Å². The first kappa shape index (κ1) is 24.1. The second-order valence-corrected chi connectivity index (χ2v) is 9.02. The molecule has 0 bridgehead atoms. The van der Waals surface area contributed by atoms with Crippen molar-refractivity contribution in [2.45, 2.75) is 6.54 Å². The molecular formula is C31H21F2N3O3. The number of pyridine rings is 1. The Bertz CT molecular complexity index is 1870. The molecule has 0 aliphatic heterocycles. The van der Waals surface area contributed by atoms with Gasteiger partial charge in [-0.25, -0.2) is 13.8 Å². The fraction of sp³-hybridized carbons (Fsp3) is 0.0323. The molecule has 0 spiro atoms. The third-order valence-corrected chi connectivity index (χ3v) is 6.35. The summed E-state index contributed by atoms with van der Waals surface area (Å²) in [6.45, 7) is 0.111. The Morgan fingerprint density at radius 2 is 1.79 bits per heavy atom. The van der Waals surface area contributed by atoms with Crippen molar-refractivity contribution in [3.63, 3.8) is 0 Å². The highest BCUT2D eigenvalue weighted by molar-refractivity contribution is 5.98. The predicted octanol–water partition coefficient (Wildman–Crippen LogP) is 7.10. The summed E-state index contributed by atoms with van der Waals surface area (Å²) in [7, 11) is 0. The number of aromatic nitrogens is 1. The summed E-state index contributed by atoms with van der Waals surface area (Å²) in [5, 5.41) is 4.43. The molecule has 6 rings (SSSR count). The molecule has 0 fully saturated rings. The first-order chi connectivity index (χ1) is 18.9. The molecule has 6 aromatic rings. The zero-order chi connectivity index (χ0) is 26.9. The number of nitrogen functional groups attached to an aromatic ring is 1. The average molecular weight is 522 g/mol. The van der Waals surface area contributed by atoms with Crippen LogP contribution in [0, 0.1) is 11.6 Å². The van der Waals surface area contributed by atoms with Gasteiger partial charge in [0.05, 0.1) is 12.8 Å². The minimum absolute atomic E-state index is 0.111. The number of nitrogens with one attached hydrogen (secondary N) is 1. The molecule has 0 aliphatic rings. The van der Waals surface area contributed by atoms with Crippen molar-refractivity contribution in [3.05, 3.63) is 114 Å². The van der Waals surface area contributed by atoms with Gasteiger partial charge < -0.3 is 19.9 Å². The highest BCUT2D eigenvalue weighted by atomic mass is 19.1. The number of amides is 1. The van der Waals surface area contributed by atoms with E-state index in [9.17, 15) is 13.6 Å². The number of furan rings is 2. The Balaban J connectivity index is 1.34. The van der Waals surface area contributed by atoms with Crippen LogP contribution in [-0.4, -0.2) is 10.9 Å². The van der Waals surface area contributed by atoms with E-state index in [1.54, 1.807) is 36.7 Å². The molecule has 3 aromatic heterocycles. The van der Waals surface area contributed by atoms with E-state index in [1.165, 1.54) is 18.2 Å². The second-order valence-electron chi connectivity index (χ2n) is 9.02. The number of carbonyl (C=O) groups excluding carboxylic acids is 1. The number of hydrogen-bond acceptors (Lipinski definition) is 5. The minimum Gasteiger partial charge on any atom is -0.464 e. The van der Waals surface area contributed by atoms with Crippen molar-refractivity contribution in [2.24, 2.45) is 0 Å². The predicted molar refractivity (Wildman–Crippen MR) is 146 cm³/mol. The van der Waals surface area contributed by atoms with E-state index in [0.29, 0.717) is 28.1 Å². The fourth-order valence-electron chi connectivity index (χ4n) is 4.43. The number of carbonyl (C=O) groups is 1. The molecule has 6 nitrogen and oxygen atoms in total. The highest BCUT2D eigenvalue weighted by Crippen LogP contribution is 2.38. The van der Waals surface area contributed by atoms with Crippen LogP contribution in [-0.2, 0) is 11.3 Å². The Hall–Kier alpha value is -5.24. The molecule has 0 saturated heterocycles. The summed E-state index contributed by atoms with van der Waals surface area (Å²) in [5.41, 5.74) is 9.90. The summed E-state index contributed by atoms with van der Waals surface area (Å²) >= 11 is 0. The van der Waals surface area contributed by atoms with E-state index in [0.717, 1.165) is 33.7 Å². The number of anilines is 1. The fourth-order valence-corrected chi connectivity index (χ4v) is 4.43. The van der Waals surface area contributed by atoms with Crippen LogP contribution in [0.1, 0.15) is 11.3 Å². The van der Waals surface area contributed by atoms with Crippen LogP contribution in [0.4, 0.5) is 14.6 Å². The van der Waals surface area contributed by atoms with Gasteiger partial charge >= 0.3 is 0 Å². The van der Waals surface area contributed by atoms with Crippen LogP contribution in [0.25, 0.3) is 50.3 Å². The van der Waals surface area contributed by atoms with Crippen molar-refractivity contribution >= 4 is 39.7 Å². The lowest BCUT2D eigenvalue weighted by Gasteiger charge is -2.09. The number of fused-ring (bicyclic) bond motifs is 2. The smallest absolute Gasteiger partial charge is 0.244 e. The van der Waals surface area contributed by atoms with Crippen LogP contribution in [0.3, 0.4) is 0 Å². The number of halogens is 2. The third kappa shape index (κ3) is 5.00. The van der Waals surface area contributed by atoms with Gasteiger partial charge in [-0.3, -0.25) is 4.79 Å². The molecule has 0 saturated carbocycles. The Morgan fingerprint density at radius 1 is 0.923 bits per heavy atom. The number of nitrogens with two attached hydrogens (primary N) is 1. The average Bonchev–Trinajstić information content (AvgIpc) is 3.57.